The van der Waals surface area contributed by atoms with Crippen molar-refractivity contribution in [1.82, 2.24) is 9.80 Å². The predicted molar refractivity (Wildman–Crippen MR) is 120 cm³/mol. The largest absolute Gasteiger partial charge is 0.464 e. The van der Waals surface area contributed by atoms with Gasteiger partial charge in [0.15, 0.2) is 0 Å². The molecule has 0 bridgehead atoms. The Morgan fingerprint density at radius 2 is 1.71 bits per heavy atom. The van der Waals surface area contributed by atoms with Crippen LogP contribution in [0.25, 0.3) is 0 Å². The highest BCUT2D eigenvalue weighted by molar-refractivity contribution is 5.86. The van der Waals surface area contributed by atoms with E-state index in [1.165, 1.54) is 18.4 Å². The fraction of sp³-hybridized carbons (Fsp3) is 0.538. The number of benzene rings is 1. The third-order valence-corrected chi connectivity index (χ3v) is 6.53. The minimum atomic E-state index is 0.0111. The Morgan fingerprint density at radius 1 is 0.968 bits per heavy atom. The Morgan fingerprint density at radius 3 is 2.35 bits per heavy atom. The van der Waals surface area contributed by atoms with Gasteiger partial charge in [-0.05, 0) is 62.6 Å². The van der Waals surface area contributed by atoms with Crippen LogP contribution in [0.1, 0.15) is 55.6 Å². The highest BCUT2D eigenvalue weighted by Crippen LogP contribution is 2.32. The lowest BCUT2D eigenvalue weighted by Gasteiger charge is -2.29. The van der Waals surface area contributed by atoms with Crippen molar-refractivity contribution >= 4 is 11.8 Å². The van der Waals surface area contributed by atoms with E-state index in [2.05, 4.69) is 12.1 Å². The molecular weight excluding hydrogens is 388 g/mol. The van der Waals surface area contributed by atoms with Gasteiger partial charge in [-0.15, -0.1) is 0 Å². The number of rotatable bonds is 10. The van der Waals surface area contributed by atoms with Gasteiger partial charge in [0, 0.05) is 19.0 Å². The van der Waals surface area contributed by atoms with Crippen molar-refractivity contribution in [3.8, 4) is 0 Å². The van der Waals surface area contributed by atoms with E-state index in [0.29, 0.717) is 19.0 Å². The van der Waals surface area contributed by atoms with Gasteiger partial charge in [0.05, 0.1) is 13.1 Å². The molecule has 1 aromatic carbocycles. The first-order chi connectivity index (χ1) is 15.1. The van der Waals surface area contributed by atoms with Gasteiger partial charge < -0.3 is 14.2 Å². The Kier molecular flexibility index (Phi) is 7.10. The molecule has 2 saturated carbocycles. The number of carbonyl (C=O) groups is 2. The van der Waals surface area contributed by atoms with E-state index in [9.17, 15) is 9.59 Å². The smallest absolute Gasteiger partial charge is 0.242 e. The summed E-state index contributed by atoms with van der Waals surface area (Å²) in [4.78, 5) is 30.3. The van der Waals surface area contributed by atoms with Crippen molar-refractivity contribution in [2.24, 2.45) is 11.8 Å². The molecule has 0 aliphatic heterocycles. The van der Waals surface area contributed by atoms with Crippen molar-refractivity contribution in [1.29, 1.82) is 0 Å². The van der Waals surface area contributed by atoms with E-state index in [-0.39, 0.29) is 24.3 Å². The zero-order valence-corrected chi connectivity index (χ0v) is 18.6. The second-order valence-corrected chi connectivity index (χ2v) is 9.21. The molecule has 31 heavy (non-hydrogen) atoms. The second kappa shape index (κ2) is 10.2. The second-order valence-electron chi connectivity index (χ2n) is 9.21. The van der Waals surface area contributed by atoms with Crippen molar-refractivity contribution < 1.29 is 14.0 Å². The van der Waals surface area contributed by atoms with E-state index in [1.807, 2.05) is 47.1 Å². The lowest BCUT2D eigenvalue weighted by atomic mass is 10.1. The molecule has 0 spiro atoms. The molecule has 2 aromatic rings. The fourth-order valence-electron chi connectivity index (χ4n) is 4.50. The molecule has 5 nitrogen and oxygen atoms in total. The minimum Gasteiger partial charge on any atom is -0.464 e. The summed E-state index contributed by atoms with van der Waals surface area (Å²) in [7, 11) is 0. The molecule has 2 aliphatic rings. The molecule has 5 heteroatoms. The number of aryl methyl sites for hydroxylation is 1. The first kappa shape index (κ1) is 21.7. The van der Waals surface area contributed by atoms with Crippen LogP contribution in [-0.2, 0) is 22.6 Å². The van der Waals surface area contributed by atoms with Gasteiger partial charge >= 0.3 is 0 Å². The number of furan rings is 1. The summed E-state index contributed by atoms with van der Waals surface area (Å²) in [5.74, 6) is 2.51. The molecule has 0 unspecified atom stereocenters. The minimum absolute atomic E-state index is 0.0111. The molecule has 1 aromatic heterocycles. The Hall–Kier alpha value is -2.56. The monoisotopic (exact) mass is 422 g/mol. The van der Waals surface area contributed by atoms with Gasteiger partial charge in [-0.25, -0.2) is 0 Å². The van der Waals surface area contributed by atoms with Crippen molar-refractivity contribution in [2.75, 3.05) is 19.6 Å². The zero-order valence-electron chi connectivity index (χ0n) is 18.6. The summed E-state index contributed by atoms with van der Waals surface area (Å²) in [5.41, 5.74) is 1.20. The molecule has 2 amide bonds. The normalized spacial score (nSPS) is 16.4. The standard InChI is InChI=1S/C26H34N2O3/c1-20-11-14-24(31-20)18-27(16-15-21-7-3-2-4-8-21)25(29)19-28(17-22-12-13-22)26(30)23-9-5-6-10-23/h2-4,7-8,11,14,22-23H,5-6,9-10,12-13,15-19H2,1H3. The average Bonchev–Trinajstić information content (AvgIpc) is 3.24. The molecule has 2 aliphatic carbocycles. The molecule has 0 atom stereocenters. The molecule has 0 saturated heterocycles. The predicted octanol–water partition coefficient (Wildman–Crippen LogP) is 4.59. The van der Waals surface area contributed by atoms with Gasteiger partial charge in [0.25, 0.3) is 0 Å². The van der Waals surface area contributed by atoms with Gasteiger partial charge in [0.2, 0.25) is 11.8 Å². The van der Waals surface area contributed by atoms with Crippen LogP contribution in [-0.4, -0.2) is 41.2 Å². The number of hydrogen-bond acceptors (Lipinski definition) is 3. The quantitative estimate of drug-likeness (QED) is 0.563. The van der Waals surface area contributed by atoms with Crippen LogP contribution in [0.5, 0.6) is 0 Å². The number of hydrogen-bond donors (Lipinski definition) is 0. The SMILES string of the molecule is Cc1ccc(CN(CCc2ccccc2)C(=O)CN(CC2CC2)C(=O)C2CCCC2)o1. The molecule has 166 valence electrons. The summed E-state index contributed by atoms with van der Waals surface area (Å²) in [6.07, 6.45) is 7.32. The highest BCUT2D eigenvalue weighted by Gasteiger charge is 2.33. The van der Waals surface area contributed by atoms with Crippen molar-refractivity contribution in [3.63, 3.8) is 0 Å². The topological polar surface area (TPSA) is 53.8 Å². The van der Waals surface area contributed by atoms with Gasteiger partial charge in [-0.3, -0.25) is 9.59 Å². The van der Waals surface area contributed by atoms with Crippen LogP contribution >= 0.6 is 0 Å². The average molecular weight is 423 g/mol. The zero-order chi connectivity index (χ0) is 21.6. The van der Waals surface area contributed by atoms with Crippen molar-refractivity contribution in [3.05, 3.63) is 59.5 Å². The third-order valence-electron chi connectivity index (χ3n) is 6.53. The first-order valence-electron chi connectivity index (χ1n) is 11.7. The van der Waals surface area contributed by atoms with E-state index < -0.39 is 0 Å². The summed E-state index contributed by atoms with van der Waals surface area (Å²) < 4.78 is 5.75. The molecule has 4 rings (SSSR count). The maximum absolute atomic E-state index is 13.4. The maximum Gasteiger partial charge on any atom is 0.242 e. The lowest BCUT2D eigenvalue weighted by Crippen LogP contribution is -2.45. The fourth-order valence-corrected chi connectivity index (χ4v) is 4.50. The summed E-state index contributed by atoms with van der Waals surface area (Å²) in [5, 5.41) is 0. The van der Waals surface area contributed by atoms with E-state index in [4.69, 9.17) is 4.42 Å². The Bertz CT molecular complexity index is 866. The summed E-state index contributed by atoms with van der Waals surface area (Å²) >= 11 is 0. The molecular formula is C26H34N2O3. The van der Waals surface area contributed by atoms with Crippen LogP contribution in [0, 0.1) is 18.8 Å². The van der Waals surface area contributed by atoms with Gasteiger partial charge in [-0.2, -0.15) is 0 Å². The van der Waals surface area contributed by atoms with Gasteiger partial charge in [0.1, 0.15) is 11.5 Å². The van der Waals surface area contributed by atoms with Crippen LogP contribution < -0.4 is 0 Å². The molecule has 2 fully saturated rings. The Labute approximate surface area is 185 Å². The van der Waals surface area contributed by atoms with Crippen LogP contribution in [0.3, 0.4) is 0 Å². The van der Waals surface area contributed by atoms with Crippen molar-refractivity contribution in [2.45, 2.75) is 58.4 Å². The van der Waals surface area contributed by atoms with Crippen LogP contribution in [0.2, 0.25) is 0 Å². The summed E-state index contributed by atoms with van der Waals surface area (Å²) in [6, 6.07) is 14.1. The summed E-state index contributed by atoms with van der Waals surface area (Å²) in [6.45, 7) is 3.87. The van der Waals surface area contributed by atoms with E-state index in [0.717, 1.165) is 50.2 Å². The van der Waals surface area contributed by atoms with E-state index >= 15 is 0 Å². The first-order valence-corrected chi connectivity index (χ1v) is 11.7. The third kappa shape index (κ3) is 6.22. The number of carbonyl (C=O) groups excluding carboxylic acids is 2. The van der Waals surface area contributed by atoms with E-state index in [1.54, 1.807) is 0 Å². The van der Waals surface area contributed by atoms with Crippen LogP contribution in [0.4, 0.5) is 0 Å². The lowest BCUT2D eigenvalue weighted by molar-refractivity contribution is -0.143. The highest BCUT2D eigenvalue weighted by atomic mass is 16.3. The number of nitrogens with zero attached hydrogens (tertiary/aromatic N) is 2. The van der Waals surface area contributed by atoms with Gasteiger partial charge in [-0.1, -0.05) is 43.2 Å². The maximum atomic E-state index is 13.4. The number of amides is 2. The molecule has 1 heterocycles. The molecule has 0 radical (unpaired) electrons. The Balaban J connectivity index is 1.44. The molecule has 0 N–H and O–H groups in total. The van der Waals surface area contributed by atoms with Crippen LogP contribution in [0.15, 0.2) is 46.9 Å².